The first kappa shape index (κ1) is 10.8. The number of hydrogen-bond acceptors (Lipinski definition) is 2. The van der Waals surface area contributed by atoms with Crippen molar-refractivity contribution in [1.82, 2.24) is 0 Å². The predicted octanol–water partition coefficient (Wildman–Crippen LogP) is 2.68. The van der Waals surface area contributed by atoms with E-state index in [1.54, 1.807) is 0 Å². The van der Waals surface area contributed by atoms with Crippen LogP contribution in [0.5, 0.6) is 0 Å². The Morgan fingerprint density at radius 2 is 2.18 bits per heavy atom. The number of benzene rings is 1. The quantitative estimate of drug-likeness (QED) is 0.868. The van der Waals surface area contributed by atoms with Gasteiger partial charge in [0.2, 0.25) is 0 Å². The maximum absolute atomic E-state index is 11.9. The molecule has 3 rings (SSSR count). The molecule has 2 aliphatic rings. The first-order chi connectivity index (χ1) is 8.33. The van der Waals surface area contributed by atoms with E-state index in [1.165, 1.54) is 18.4 Å². The molecule has 0 spiro atoms. The molecule has 1 N–H and O–H groups in total. The van der Waals surface area contributed by atoms with Crippen LogP contribution in [-0.4, -0.2) is 18.6 Å². The van der Waals surface area contributed by atoms with Crippen LogP contribution in [0.4, 0.5) is 5.69 Å². The van der Waals surface area contributed by atoms with E-state index in [-0.39, 0.29) is 12.0 Å². The van der Waals surface area contributed by atoms with Crippen molar-refractivity contribution in [1.29, 1.82) is 0 Å². The zero-order chi connectivity index (χ0) is 11.7. The number of amides is 1. The van der Waals surface area contributed by atoms with Gasteiger partial charge in [-0.1, -0.05) is 12.1 Å². The van der Waals surface area contributed by atoms with Crippen molar-refractivity contribution >= 4 is 11.6 Å². The fraction of sp³-hybridized carbons (Fsp3) is 0.500. The Hall–Kier alpha value is -1.35. The fourth-order valence-electron chi connectivity index (χ4n) is 2.29. The highest BCUT2D eigenvalue weighted by Crippen LogP contribution is 2.40. The van der Waals surface area contributed by atoms with E-state index in [0.29, 0.717) is 6.61 Å². The van der Waals surface area contributed by atoms with Crippen molar-refractivity contribution < 1.29 is 9.53 Å². The minimum absolute atomic E-state index is 0.00422. The normalized spacial score (nSPS) is 23.6. The van der Waals surface area contributed by atoms with Gasteiger partial charge in [-0.25, -0.2) is 0 Å². The first-order valence-electron chi connectivity index (χ1n) is 6.35. The van der Waals surface area contributed by atoms with Crippen molar-refractivity contribution in [2.24, 2.45) is 0 Å². The van der Waals surface area contributed by atoms with Gasteiger partial charge in [-0.05, 0) is 49.3 Å². The lowest BCUT2D eigenvalue weighted by Crippen LogP contribution is -2.26. The van der Waals surface area contributed by atoms with E-state index in [2.05, 4.69) is 17.4 Å². The van der Waals surface area contributed by atoms with Gasteiger partial charge in [0.05, 0.1) is 0 Å². The summed E-state index contributed by atoms with van der Waals surface area (Å²) in [6, 6.07) is 8.18. The highest BCUT2D eigenvalue weighted by atomic mass is 16.5. The molecule has 3 heteroatoms. The molecule has 1 aromatic carbocycles. The van der Waals surface area contributed by atoms with Crippen molar-refractivity contribution in [2.75, 3.05) is 11.9 Å². The van der Waals surface area contributed by atoms with E-state index in [4.69, 9.17) is 4.74 Å². The summed E-state index contributed by atoms with van der Waals surface area (Å²) in [4.78, 5) is 11.9. The number of carbonyl (C=O) groups is 1. The van der Waals surface area contributed by atoms with Gasteiger partial charge in [0.15, 0.2) is 0 Å². The van der Waals surface area contributed by atoms with Crippen LogP contribution >= 0.6 is 0 Å². The van der Waals surface area contributed by atoms with Gasteiger partial charge in [-0.2, -0.15) is 0 Å². The number of rotatable bonds is 3. The summed E-state index contributed by atoms with van der Waals surface area (Å²) >= 11 is 0. The van der Waals surface area contributed by atoms with Crippen LogP contribution in [0.2, 0.25) is 0 Å². The van der Waals surface area contributed by atoms with Crippen molar-refractivity contribution in [2.45, 2.75) is 37.7 Å². The number of ether oxygens (including phenoxy) is 1. The summed E-state index contributed by atoms with van der Waals surface area (Å²) in [5, 5.41) is 2.94. The first-order valence-corrected chi connectivity index (χ1v) is 6.35. The van der Waals surface area contributed by atoms with Crippen LogP contribution < -0.4 is 5.32 Å². The topological polar surface area (TPSA) is 38.3 Å². The molecule has 3 nitrogen and oxygen atoms in total. The molecule has 0 bridgehead atoms. The molecule has 1 saturated heterocycles. The van der Waals surface area contributed by atoms with Gasteiger partial charge in [-0.15, -0.1) is 0 Å². The lowest BCUT2D eigenvalue weighted by molar-refractivity contribution is -0.124. The van der Waals surface area contributed by atoms with E-state index >= 15 is 0 Å². The summed E-state index contributed by atoms with van der Waals surface area (Å²) in [7, 11) is 0. The molecular formula is C14H17NO2. The van der Waals surface area contributed by atoms with Crippen LogP contribution in [0.1, 0.15) is 37.2 Å². The Morgan fingerprint density at radius 3 is 2.88 bits per heavy atom. The molecular weight excluding hydrogens is 214 g/mol. The molecule has 2 fully saturated rings. The molecule has 1 saturated carbocycles. The Kier molecular flexibility index (Phi) is 2.85. The van der Waals surface area contributed by atoms with Crippen molar-refractivity contribution in [3.63, 3.8) is 0 Å². The van der Waals surface area contributed by atoms with Crippen molar-refractivity contribution in [3.8, 4) is 0 Å². The fourth-order valence-corrected chi connectivity index (χ4v) is 2.29. The van der Waals surface area contributed by atoms with Crippen LogP contribution in [0.3, 0.4) is 0 Å². The Morgan fingerprint density at radius 1 is 1.29 bits per heavy atom. The number of carbonyl (C=O) groups excluding carboxylic acids is 1. The summed E-state index contributed by atoms with van der Waals surface area (Å²) in [6.07, 6.45) is 4.14. The van der Waals surface area contributed by atoms with E-state index in [0.717, 1.165) is 24.4 Å². The van der Waals surface area contributed by atoms with Gasteiger partial charge in [0.1, 0.15) is 6.10 Å². The summed E-state index contributed by atoms with van der Waals surface area (Å²) < 4.78 is 5.36. The highest BCUT2D eigenvalue weighted by molar-refractivity contribution is 5.94. The standard InChI is InChI=1S/C14H17NO2/c16-14(13-5-2-8-17-13)15-12-4-1-3-11(9-12)10-6-7-10/h1,3-4,9-10,13H,2,5-8H2,(H,15,16)/t13-/m0/s1. The van der Waals surface area contributed by atoms with Crippen LogP contribution in [-0.2, 0) is 9.53 Å². The molecule has 1 aliphatic heterocycles. The summed E-state index contributed by atoms with van der Waals surface area (Å²) in [5.41, 5.74) is 2.24. The third kappa shape index (κ3) is 2.50. The SMILES string of the molecule is O=C(Nc1cccc(C2CC2)c1)[C@@H]1CCCO1. The van der Waals surface area contributed by atoms with Gasteiger partial charge in [0, 0.05) is 12.3 Å². The second kappa shape index (κ2) is 4.49. The second-order valence-electron chi connectivity index (χ2n) is 4.89. The molecule has 1 aromatic rings. The zero-order valence-corrected chi connectivity index (χ0v) is 9.82. The zero-order valence-electron chi connectivity index (χ0n) is 9.82. The third-order valence-corrected chi connectivity index (χ3v) is 3.43. The third-order valence-electron chi connectivity index (χ3n) is 3.43. The maximum Gasteiger partial charge on any atom is 0.253 e. The van der Waals surface area contributed by atoms with Crippen LogP contribution in [0, 0.1) is 0 Å². The monoisotopic (exact) mass is 231 g/mol. The van der Waals surface area contributed by atoms with E-state index < -0.39 is 0 Å². The second-order valence-corrected chi connectivity index (χ2v) is 4.89. The predicted molar refractivity (Wildman–Crippen MR) is 66.0 cm³/mol. The Bertz CT molecular complexity index is 420. The minimum atomic E-state index is -0.250. The van der Waals surface area contributed by atoms with Gasteiger partial charge < -0.3 is 10.1 Å². The lowest BCUT2D eigenvalue weighted by Gasteiger charge is -2.11. The average molecular weight is 231 g/mol. The number of anilines is 1. The Balaban J connectivity index is 1.67. The molecule has 1 atom stereocenters. The molecule has 1 amide bonds. The van der Waals surface area contributed by atoms with E-state index in [1.807, 2.05) is 12.1 Å². The highest BCUT2D eigenvalue weighted by Gasteiger charge is 2.25. The smallest absolute Gasteiger partial charge is 0.253 e. The van der Waals surface area contributed by atoms with Gasteiger partial charge in [-0.3, -0.25) is 4.79 Å². The van der Waals surface area contributed by atoms with E-state index in [9.17, 15) is 4.79 Å². The molecule has 1 heterocycles. The molecule has 0 aromatic heterocycles. The minimum Gasteiger partial charge on any atom is -0.368 e. The summed E-state index contributed by atoms with van der Waals surface area (Å²) in [5.74, 6) is 0.713. The number of hydrogen-bond donors (Lipinski definition) is 1. The Labute approximate surface area is 101 Å². The van der Waals surface area contributed by atoms with Gasteiger partial charge >= 0.3 is 0 Å². The van der Waals surface area contributed by atoms with Crippen LogP contribution in [0.15, 0.2) is 24.3 Å². The molecule has 17 heavy (non-hydrogen) atoms. The molecule has 1 aliphatic carbocycles. The van der Waals surface area contributed by atoms with Crippen molar-refractivity contribution in [3.05, 3.63) is 29.8 Å². The lowest BCUT2D eigenvalue weighted by atomic mass is 10.1. The average Bonchev–Trinajstić information content (AvgIpc) is 3.04. The summed E-state index contributed by atoms with van der Waals surface area (Å²) in [6.45, 7) is 0.709. The molecule has 0 radical (unpaired) electrons. The molecule has 90 valence electrons. The number of nitrogens with one attached hydrogen (secondary N) is 1. The molecule has 0 unspecified atom stereocenters. The maximum atomic E-state index is 11.9. The van der Waals surface area contributed by atoms with Gasteiger partial charge in [0.25, 0.3) is 5.91 Å². The van der Waals surface area contributed by atoms with Crippen LogP contribution in [0.25, 0.3) is 0 Å². The largest absolute Gasteiger partial charge is 0.368 e.